The summed E-state index contributed by atoms with van der Waals surface area (Å²) in [5.41, 5.74) is 1.18. The number of aryl methyl sites for hydroxylation is 1. The van der Waals surface area contributed by atoms with E-state index in [1.165, 1.54) is 5.56 Å². The van der Waals surface area contributed by atoms with Crippen molar-refractivity contribution < 1.29 is 4.79 Å². The molecular formula is C13H16ClNOS. The normalized spacial score (nSPS) is 15.9. The molecule has 1 aromatic carbocycles. The van der Waals surface area contributed by atoms with Crippen LogP contribution in [0.25, 0.3) is 0 Å². The summed E-state index contributed by atoms with van der Waals surface area (Å²) < 4.78 is 0. The van der Waals surface area contributed by atoms with E-state index < -0.39 is 0 Å². The van der Waals surface area contributed by atoms with Crippen LogP contribution in [0.15, 0.2) is 24.3 Å². The standard InChI is InChI=1S/C13H16ClNOS/c14-12-4-1-11(2-5-12)3-6-13(16)15-7-9-17-10-8-15/h1-2,4-5H,3,6-10H2. The van der Waals surface area contributed by atoms with Crippen LogP contribution in [0.5, 0.6) is 0 Å². The highest BCUT2D eigenvalue weighted by Gasteiger charge is 2.15. The number of hydrogen-bond donors (Lipinski definition) is 0. The Kier molecular flexibility index (Phi) is 4.75. The van der Waals surface area contributed by atoms with Crippen molar-refractivity contribution in [1.82, 2.24) is 4.90 Å². The number of rotatable bonds is 3. The molecule has 1 fully saturated rings. The molecule has 2 rings (SSSR count). The van der Waals surface area contributed by atoms with E-state index in [1.807, 2.05) is 40.9 Å². The average molecular weight is 270 g/mol. The Bertz CT molecular complexity index is 374. The van der Waals surface area contributed by atoms with Gasteiger partial charge in [0, 0.05) is 36.0 Å². The lowest BCUT2D eigenvalue weighted by atomic mass is 10.1. The molecule has 0 atom stereocenters. The molecule has 1 aromatic rings. The molecule has 0 bridgehead atoms. The molecule has 1 heterocycles. The van der Waals surface area contributed by atoms with E-state index in [1.54, 1.807) is 0 Å². The van der Waals surface area contributed by atoms with Gasteiger partial charge in [0.2, 0.25) is 5.91 Å². The molecule has 2 nitrogen and oxygen atoms in total. The van der Waals surface area contributed by atoms with Gasteiger partial charge in [0.25, 0.3) is 0 Å². The summed E-state index contributed by atoms with van der Waals surface area (Å²) in [6, 6.07) is 7.72. The Labute approximate surface area is 111 Å². The molecule has 4 heteroatoms. The lowest BCUT2D eigenvalue weighted by Crippen LogP contribution is -2.37. The van der Waals surface area contributed by atoms with Gasteiger partial charge in [0.1, 0.15) is 0 Å². The highest BCUT2D eigenvalue weighted by atomic mass is 35.5. The fourth-order valence-corrected chi connectivity index (χ4v) is 2.90. The summed E-state index contributed by atoms with van der Waals surface area (Å²) in [4.78, 5) is 13.9. The van der Waals surface area contributed by atoms with Crippen LogP contribution in [0, 0.1) is 0 Å². The lowest BCUT2D eigenvalue weighted by molar-refractivity contribution is -0.130. The Morgan fingerprint density at radius 1 is 1.24 bits per heavy atom. The number of thioether (sulfide) groups is 1. The summed E-state index contributed by atoms with van der Waals surface area (Å²) in [5.74, 6) is 2.43. The van der Waals surface area contributed by atoms with Gasteiger partial charge in [0.15, 0.2) is 0 Å². The maximum absolute atomic E-state index is 11.9. The average Bonchev–Trinajstić information content (AvgIpc) is 2.39. The summed E-state index contributed by atoms with van der Waals surface area (Å²) in [6.45, 7) is 1.81. The molecule has 0 spiro atoms. The zero-order valence-electron chi connectivity index (χ0n) is 9.69. The molecule has 0 unspecified atom stereocenters. The number of carbonyl (C=O) groups excluding carboxylic acids is 1. The maximum atomic E-state index is 11.9. The Morgan fingerprint density at radius 2 is 1.88 bits per heavy atom. The smallest absolute Gasteiger partial charge is 0.222 e. The second-order valence-corrected chi connectivity index (χ2v) is 5.78. The van der Waals surface area contributed by atoms with Crippen LogP contribution in [-0.2, 0) is 11.2 Å². The van der Waals surface area contributed by atoms with Crippen LogP contribution in [-0.4, -0.2) is 35.4 Å². The summed E-state index contributed by atoms with van der Waals surface area (Å²) >= 11 is 7.74. The number of benzene rings is 1. The van der Waals surface area contributed by atoms with Crippen molar-refractivity contribution in [2.75, 3.05) is 24.6 Å². The van der Waals surface area contributed by atoms with Crippen molar-refractivity contribution in [3.05, 3.63) is 34.9 Å². The van der Waals surface area contributed by atoms with Gasteiger partial charge in [0.05, 0.1) is 0 Å². The zero-order chi connectivity index (χ0) is 12.1. The SMILES string of the molecule is O=C(CCc1ccc(Cl)cc1)N1CCSCC1. The number of hydrogen-bond acceptors (Lipinski definition) is 2. The summed E-state index contributed by atoms with van der Waals surface area (Å²) in [6.07, 6.45) is 1.41. The summed E-state index contributed by atoms with van der Waals surface area (Å²) in [5, 5.41) is 0.744. The van der Waals surface area contributed by atoms with Crippen molar-refractivity contribution in [2.24, 2.45) is 0 Å². The molecule has 1 aliphatic heterocycles. The predicted molar refractivity (Wildman–Crippen MR) is 73.7 cm³/mol. The Balaban J connectivity index is 1.81. The largest absolute Gasteiger partial charge is 0.341 e. The Hall–Kier alpha value is -0.670. The molecule has 1 amide bonds. The first-order valence-electron chi connectivity index (χ1n) is 5.85. The van der Waals surface area contributed by atoms with Crippen LogP contribution in [0.2, 0.25) is 5.02 Å². The number of carbonyl (C=O) groups is 1. The molecule has 0 aromatic heterocycles. The van der Waals surface area contributed by atoms with E-state index in [-0.39, 0.29) is 5.91 Å². The monoisotopic (exact) mass is 269 g/mol. The minimum absolute atomic E-state index is 0.278. The fraction of sp³-hybridized carbons (Fsp3) is 0.462. The van der Waals surface area contributed by atoms with Crippen LogP contribution < -0.4 is 0 Å². The van der Waals surface area contributed by atoms with Crippen molar-refractivity contribution in [3.8, 4) is 0 Å². The van der Waals surface area contributed by atoms with Gasteiger partial charge < -0.3 is 4.90 Å². The molecule has 17 heavy (non-hydrogen) atoms. The van der Waals surface area contributed by atoms with Crippen molar-refractivity contribution in [2.45, 2.75) is 12.8 Å². The Morgan fingerprint density at radius 3 is 2.53 bits per heavy atom. The first-order valence-corrected chi connectivity index (χ1v) is 7.39. The first-order chi connectivity index (χ1) is 8.25. The minimum Gasteiger partial charge on any atom is -0.341 e. The number of halogens is 1. The van der Waals surface area contributed by atoms with E-state index in [9.17, 15) is 4.79 Å². The van der Waals surface area contributed by atoms with E-state index >= 15 is 0 Å². The van der Waals surface area contributed by atoms with Gasteiger partial charge in [-0.05, 0) is 24.1 Å². The molecule has 1 aliphatic rings. The predicted octanol–water partition coefficient (Wildman–Crippen LogP) is 2.85. The van der Waals surface area contributed by atoms with Crippen molar-refractivity contribution in [3.63, 3.8) is 0 Å². The van der Waals surface area contributed by atoms with Crippen LogP contribution >= 0.6 is 23.4 Å². The van der Waals surface area contributed by atoms with Crippen LogP contribution in [0.1, 0.15) is 12.0 Å². The third-order valence-corrected chi connectivity index (χ3v) is 4.10. The minimum atomic E-state index is 0.278. The number of nitrogens with zero attached hydrogens (tertiary/aromatic N) is 1. The molecule has 0 N–H and O–H groups in total. The van der Waals surface area contributed by atoms with Gasteiger partial charge >= 0.3 is 0 Å². The topological polar surface area (TPSA) is 20.3 Å². The third-order valence-electron chi connectivity index (χ3n) is 2.90. The molecule has 92 valence electrons. The highest BCUT2D eigenvalue weighted by Crippen LogP contribution is 2.13. The van der Waals surface area contributed by atoms with Crippen LogP contribution in [0.3, 0.4) is 0 Å². The second kappa shape index (κ2) is 6.31. The van der Waals surface area contributed by atoms with Crippen LogP contribution in [0.4, 0.5) is 0 Å². The lowest BCUT2D eigenvalue weighted by Gasteiger charge is -2.26. The number of amides is 1. The van der Waals surface area contributed by atoms with E-state index in [4.69, 9.17) is 11.6 Å². The third kappa shape index (κ3) is 3.93. The first kappa shape index (κ1) is 12.8. The van der Waals surface area contributed by atoms with Crippen molar-refractivity contribution >= 4 is 29.3 Å². The molecule has 0 radical (unpaired) electrons. The second-order valence-electron chi connectivity index (χ2n) is 4.12. The molecule has 0 saturated carbocycles. The molecular weight excluding hydrogens is 254 g/mol. The van der Waals surface area contributed by atoms with E-state index in [0.29, 0.717) is 6.42 Å². The van der Waals surface area contributed by atoms with E-state index in [0.717, 1.165) is 36.0 Å². The molecule has 1 saturated heterocycles. The van der Waals surface area contributed by atoms with Crippen molar-refractivity contribution in [1.29, 1.82) is 0 Å². The van der Waals surface area contributed by atoms with Gasteiger partial charge in [-0.2, -0.15) is 11.8 Å². The fourth-order valence-electron chi connectivity index (χ4n) is 1.87. The zero-order valence-corrected chi connectivity index (χ0v) is 11.3. The summed E-state index contributed by atoms with van der Waals surface area (Å²) in [7, 11) is 0. The molecule has 0 aliphatic carbocycles. The highest BCUT2D eigenvalue weighted by molar-refractivity contribution is 7.99. The quantitative estimate of drug-likeness (QED) is 0.841. The van der Waals surface area contributed by atoms with Gasteiger partial charge in [-0.1, -0.05) is 23.7 Å². The van der Waals surface area contributed by atoms with Gasteiger partial charge in [-0.3, -0.25) is 4.79 Å². The van der Waals surface area contributed by atoms with E-state index in [2.05, 4.69) is 0 Å². The van der Waals surface area contributed by atoms with Gasteiger partial charge in [-0.25, -0.2) is 0 Å². The van der Waals surface area contributed by atoms with Gasteiger partial charge in [-0.15, -0.1) is 0 Å². The maximum Gasteiger partial charge on any atom is 0.222 e.